The smallest absolute Gasteiger partial charge is 0.127 e. The van der Waals surface area contributed by atoms with E-state index in [1.165, 1.54) is 5.57 Å². The molecule has 1 aromatic carbocycles. The molecule has 2 aliphatic rings. The number of phenolic OH excluding ortho intramolecular Hbond substituents is 1. The van der Waals surface area contributed by atoms with Crippen LogP contribution in [0.15, 0.2) is 23.8 Å². The Morgan fingerprint density at radius 2 is 2.12 bits per heavy atom. The first-order chi connectivity index (χ1) is 11.9. The SMILES string of the molecule is CC1=CC[C@@H]2C(C1)c1c(O)cc(CC#CCCCBr)cc1OC2(C)C. The lowest BCUT2D eigenvalue weighted by molar-refractivity contribution is 0.00754. The van der Waals surface area contributed by atoms with Crippen LogP contribution in [0.3, 0.4) is 0 Å². The molecule has 1 aliphatic heterocycles. The number of hydrogen-bond acceptors (Lipinski definition) is 2. The third-order valence-corrected chi connectivity index (χ3v) is 5.98. The zero-order chi connectivity index (χ0) is 18.0. The second kappa shape index (κ2) is 7.46. The molecular weight excluding hydrogens is 376 g/mol. The van der Waals surface area contributed by atoms with Crippen LogP contribution >= 0.6 is 15.9 Å². The number of rotatable bonds is 3. The van der Waals surface area contributed by atoms with Gasteiger partial charge in [0.25, 0.3) is 0 Å². The van der Waals surface area contributed by atoms with Crippen LogP contribution in [0.1, 0.15) is 63.5 Å². The summed E-state index contributed by atoms with van der Waals surface area (Å²) in [6.45, 7) is 6.53. The van der Waals surface area contributed by atoms with E-state index < -0.39 is 0 Å². The van der Waals surface area contributed by atoms with Crippen LogP contribution < -0.4 is 4.74 Å². The Hall–Kier alpha value is -1.40. The standard InChI is InChI=1S/C22H27BrO2/c1-15-9-10-18-17(12-15)21-19(24)13-16(8-6-4-5-7-11-23)14-20(21)25-22(18,2)3/h9,13-14,17-18,24H,5,7-8,10-12H2,1-3H3/t17?,18-/m1/s1. The summed E-state index contributed by atoms with van der Waals surface area (Å²) in [5.74, 6) is 8.36. The number of unbranched alkanes of at least 4 members (excludes halogenated alkanes) is 1. The van der Waals surface area contributed by atoms with Gasteiger partial charge in [-0.2, -0.15) is 0 Å². The van der Waals surface area contributed by atoms with Crippen molar-refractivity contribution >= 4 is 15.9 Å². The average molecular weight is 403 g/mol. The lowest BCUT2D eigenvalue weighted by Crippen LogP contribution is -2.45. The van der Waals surface area contributed by atoms with E-state index in [9.17, 15) is 5.11 Å². The lowest BCUT2D eigenvalue weighted by atomic mass is 9.67. The summed E-state index contributed by atoms with van der Waals surface area (Å²) >= 11 is 3.42. The maximum Gasteiger partial charge on any atom is 0.127 e. The normalized spacial score (nSPS) is 23.4. The minimum absolute atomic E-state index is 0.221. The predicted octanol–water partition coefficient (Wildman–Crippen LogP) is 5.72. The zero-order valence-electron chi connectivity index (χ0n) is 15.4. The Morgan fingerprint density at radius 3 is 2.88 bits per heavy atom. The Kier molecular flexibility index (Phi) is 5.49. The molecule has 0 saturated heterocycles. The van der Waals surface area contributed by atoms with Crippen molar-refractivity contribution in [3.63, 3.8) is 0 Å². The van der Waals surface area contributed by atoms with Gasteiger partial charge in [-0.15, -0.1) is 5.92 Å². The lowest BCUT2D eigenvalue weighted by Gasteiger charge is -2.47. The number of ether oxygens (including phenoxy) is 1. The number of hydrogen-bond donors (Lipinski definition) is 1. The van der Waals surface area contributed by atoms with E-state index >= 15 is 0 Å². The van der Waals surface area contributed by atoms with Gasteiger partial charge in [-0.25, -0.2) is 0 Å². The van der Waals surface area contributed by atoms with Gasteiger partial charge in [-0.3, -0.25) is 0 Å². The monoisotopic (exact) mass is 402 g/mol. The van der Waals surface area contributed by atoms with Gasteiger partial charge < -0.3 is 9.84 Å². The number of allylic oxidation sites excluding steroid dienone is 2. The maximum atomic E-state index is 10.7. The molecule has 0 spiro atoms. The van der Waals surface area contributed by atoms with Gasteiger partial charge >= 0.3 is 0 Å². The van der Waals surface area contributed by atoms with Gasteiger partial charge in [-0.05, 0) is 57.7 Å². The number of phenols is 1. The van der Waals surface area contributed by atoms with E-state index in [1.807, 2.05) is 6.07 Å². The quantitative estimate of drug-likeness (QED) is 0.303. The molecule has 1 N–H and O–H groups in total. The van der Waals surface area contributed by atoms with Crippen molar-refractivity contribution < 1.29 is 9.84 Å². The van der Waals surface area contributed by atoms with Gasteiger partial charge in [0, 0.05) is 35.6 Å². The van der Waals surface area contributed by atoms with E-state index in [4.69, 9.17) is 4.74 Å². The molecule has 0 fully saturated rings. The molecule has 1 aliphatic carbocycles. The molecule has 134 valence electrons. The van der Waals surface area contributed by atoms with Crippen molar-refractivity contribution in [3.05, 3.63) is 34.9 Å². The van der Waals surface area contributed by atoms with Crippen LogP contribution in [-0.2, 0) is 6.42 Å². The highest BCUT2D eigenvalue weighted by atomic mass is 79.9. The molecule has 1 unspecified atom stereocenters. The predicted molar refractivity (Wildman–Crippen MR) is 107 cm³/mol. The fraction of sp³-hybridized carbons (Fsp3) is 0.545. The molecule has 0 bridgehead atoms. The third kappa shape index (κ3) is 3.90. The summed E-state index contributed by atoms with van der Waals surface area (Å²) in [7, 11) is 0. The Bertz CT molecular complexity index is 736. The summed E-state index contributed by atoms with van der Waals surface area (Å²) < 4.78 is 6.35. The molecular formula is C22H27BrO2. The van der Waals surface area contributed by atoms with E-state index in [-0.39, 0.29) is 5.60 Å². The first-order valence-corrected chi connectivity index (χ1v) is 10.3. The molecule has 0 radical (unpaired) electrons. The van der Waals surface area contributed by atoms with Gasteiger partial charge in [0.05, 0.1) is 0 Å². The number of benzene rings is 1. The van der Waals surface area contributed by atoms with Crippen LogP contribution in [0.25, 0.3) is 0 Å². The van der Waals surface area contributed by atoms with Gasteiger partial charge in [-0.1, -0.05) is 33.5 Å². The zero-order valence-corrected chi connectivity index (χ0v) is 16.9. The number of aromatic hydroxyl groups is 1. The van der Waals surface area contributed by atoms with Crippen LogP contribution in [0.4, 0.5) is 0 Å². The number of halogens is 1. The van der Waals surface area contributed by atoms with Gasteiger partial charge in [0.1, 0.15) is 17.1 Å². The van der Waals surface area contributed by atoms with Crippen LogP contribution in [-0.4, -0.2) is 16.0 Å². The van der Waals surface area contributed by atoms with E-state index in [0.29, 0.717) is 24.0 Å². The summed E-state index contributed by atoms with van der Waals surface area (Å²) in [6.07, 6.45) is 6.97. The highest BCUT2D eigenvalue weighted by Gasteiger charge is 2.45. The van der Waals surface area contributed by atoms with Gasteiger partial charge in [0.2, 0.25) is 0 Å². The molecule has 0 saturated carbocycles. The second-order valence-corrected chi connectivity index (χ2v) is 8.55. The number of alkyl halides is 1. The molecule has 0 aromatic heterocycles. The Balaban J connectivity index is 1.90. The minimum Gasteiger partial charge on any atom is -0.508 e. The molecule has 3 heteroatoms. The maximum absolute atomic E-state index is 10.7. The Labute approximate surface area is 159 Å². The van der Waals surface area contributed by atoms with Gasteiger partial charge in [0.15, 0.2) is 0 Å². The van der Waals surface area contributed by atoms with E-state index in [1.54, 1.807) is 0 Å². The molecule has 2 atom stereocenters. The Morgan fingerprint density at radius 1 is 1.32 bits per heavy atom. The van der Waals surface area contributed by atoms with Crippen molar-refractivity contribution in [2.75, 3.05) is 5.33 Å². The van der Waals surface area contributed by atoms with Crippen LogP contribution in [0.5, 0.6) is 11.5 Å². The molecule has 1 aromatic rings. The highest BCUT2D eigenvalue weighted by molar-refractivity contribution is 9.09. The van der Waals surface area contributed by atoms with Crippen molar-refractivity contribution in [1.82, 2.24) is 0 Å². The first-order valence-electron chi connectivity index (χ1n) is 9.14. The molecule has 1 heterocycles. The summed E-state index contributed by atoms with van der Waals surface area (Å²) in [4.78, 5) is 0. The highest BCUT2D eigenvalue weighted by Crippen LogP contribution is 2.54. The molecule has 2 nitrogen and oxygen atoms in total. The number of fused-ring (bicyclic) bond motifs is 3. The average Bonchev–Trinajstić information content (AvgIpc) is 2.53. The molecule has 0 amide bonds. The van der Waals surface area contributed by atoms with E-state index in [2.05, 4.69) is 60.7 Å². The fourth-order valence-electron chi connectivity index (χ4n) is 4.13. The van der Waals surface area contributed by atoms with Crippen molar-refractivity contribution in [1.29, 1.82) is 0 Å². The van der Waals surface area contributed by atoms with Crippen molar-refractivity contribution in [2.45, 2.75) is 64.4 Å². The summed E-state index contributed by atoms with van der Waals surface area (Å²) in [5.41, 5.74) is 3.21. The van der Waals surface area contributed by atoms with Crippen molar-refractivity contribution in [2.24, 2.45) is 5.92 Å². The largest absolute Gasteiger partial charge is 0.508 e. The minimum atomic E-state index is -0.221. The first kappa shape index (κ1) is 18.4. The van der Waals surface area contributed by atoms with Crippen LogP contribution in [0.2, 0.25) is 0 Å². The van der Waals surface area contributed by atoms with Crippen LogP contribution in [0, 0.1) is 17.8 Å². The second-order valence-electron chi connectivity index (χ2n) is 7.76. The van der Waals surface area contributed by atoms with E-state index in [0.717, 1.165) is 47.9 Å². The third-order valence-electron chi connectivity index (χ3n) is 5.42. The molecule has 25 heavy (non-hydrogen) atoms. The summed E-state index contributed by atoms with van der Waals surface area (Å²) in [6, 6.07) is 3.96. The topological polar surface area (TPSA) is 29.5 Å². The fourth-order valence-corrected chi connectivity index (χ4v) is 4.41. The van der Waals surface area contributed by atoms with Crippen molar-refractivity contribution in [3.8, 4) is 23.3 Å². The summed E-state index contributed by atoms with van der Waals surface area (Å²) in [5, 5.41) is 11.7. The molecule has 3 rings (SSSR count).